The van der Waals surface area contributed by atoms with Gasteiger partial charge >= 0.3 is 5.97 Å². The smallest absolute Gasteiger partial charge is 0.306 e. The number of pyridine rings is 1. The molecule has 1 heterocycles. The van der Waals surface area contributed by atoms with Gasteiger partial charge in [0.2, 0.25) is 0 Å². The number of carboxylic acids is 1. The predicted molar refractivity (Wildman–Crippen MR) is 64.8 cm³/mol. The Morgan fingerprint density at radius 3 is 2.72 bits per heavy atom. The minimum absolute atomic E-state index is 0.0426. The van der Waals surface area contributed by atoms with Gasteiger partial charge in [-0.25, -0.2) is 13.4 Å². The van der Waals surface area contributed by atoms with E-state index in [1.165, 1.54) is 12.3 Å². The third-order valence-corrected chi connectivity index (χ3v) is 5.47. The first-order valence-electron chi connectivity index (χ1n) is 5.89. The van der Waals surface area contributed by atoms with Crippen molar-refractivity contribution in [3.05, 3.63) is 24.4 Å². The molecule has 18 heavy (non-hydrogen) atoms. The molecule has 0 bridgehead atoms. The van der Waals surface area contributed by atoms with Crippen molar-refractivity contribution in [2.45, 2.75) is 36.0 Å². The Balaban J connectivity index is 2.23. The summed E-state index contributed by atoms with van der Waals surface area (Å²) in [7, 11) is -3.50. The average Bonchev–Trinajstić information content (AvgIpc) is 2.40. The van der Waals surface area contributed by atoms with Crippen LogP contribution in [0.3, 0.4) is 0 Å². The Kier molecular flexibility index (Phi) is 3.65. The summed E-state index contributed by atoms with van der Waals surface area (Å²) in [6.07, 6.45) is 3.33. The molecule has 0 radical (unpaired) electrons. The highest BCUT2D eigenvalue weighted by Gasteiger charge is 2.36. The molecule has 1 fully saturated rings. The summed E-state index contributed by atoms with van der Waals surface area (Å²) in [5, 5.41) is 8.40. The standard InChI is InChI=1S/C12H15NO4S/c14-12(15)9-4-3-5-10(8-9)18(16,17)11-6-1-2-7-13-11/h1-2,6-7,9-10H,3-5,8H2,(H,14,15)/t9-,10-/m0/s1. The van der Waals surface area contributed by atoms with E-state index < -0.39 is 27.0 Å². The van der Waals surface area contributed by atoms with Gasteiger partial charge in [-0.3, -0.25) is 4.79 Å². The number of hydrogen-bond acceptors (Lipinski definition) is 4. The third-order valence-electron chi connectivity index (χ3n) is 3.34. The minimum Gasteiger partial charge on any atom is -0.481 e. The molecule has 2 rings (SSSR count). The van der Waals surface area contributed by atoms with E-state index in [1.807, 2.05) is 0 Å². The molecule has 1 aliphatic carbocycles. The number of rotatable bonds is 3. The van der Waals surface area contributed by atoms with Crippen molar-refractivity contribution in [2.24, 2.45) is 5.92 Å². The number of sulfone groups is 1. The fourth-order valence-electron chi connectivity index (χ4n) is 2.34. The van der Waals surface area contributed by atoms with Gasteiger partial charge in [-0.05, 0) is 31.4 Å². The van der Waals surface area contributed by atoms with Crippen molar-refractivity contribution in [1.82, 2.24) is 4.98 Å². The average molecular weight is 269 g/mol. The van der Waals surface area contributed by atoms with Crippen LogP contribution in [0.5, 0.6) is 0 Å². The molecular weight excluding hydrogens is 254 g/mol. The van der Waals surface area contributed by atoms with Crippen molar-refractivity contribution in [3.63, 3.8) is 0 Å². The number of carbonyl (C=O) groups is 1. The zero-order chi connectivity index (χ0) is 13.2. The van der Waals surface area contributed by atoms with E-state index in [-0.39, 0.29) is 11.4 Å². The van der Waals surface area contributed by atoms with E-state index in [2.05, 4.69) is 4.98 Å². The van der Waals surface area contributed by atoms with Gasteiger partial charge in [0.05, 0.1) is 11.2 Å². The fraction of sp³-hybridized carbons (Fsp3) is 0.500. The maximum atomic E-state index is 12.3. The van der Waals surface area contributed by atoms with E-state index >= 15 is 0 Å². The molecule has 0 spiro atoms. The largest absolute Gasteiger partial charge is 0.481 e. The summed E-state index contributed by atoms with van der Waals surface area (Å²) in [5.74, 6) is -1.46. The lowest BCUT2D eigenvalue weighted by molar-refractivity contribution is -0.142. The van der Waals surface area contributed by atoms with Gasteiger partial charge in [0.25, 0.3) is 0 Å². The summed E-state index contributed by atoms with van der Waals surface area (Å²) in [5.41, 5.74) is 0. The predicted octanol–water partition coefficient (Wildman–Crippen LogP) is 1.50. The second kappa shape index (κ2) is 5.06. The van der Waals surface area contributed by atoms with Gasteiger partial charge in [-0.1, -0.05) is 12.5 Å². The van der Waals surface area contributed by atoms with Gasteiger partial charge in [0.15, 0.2) is 14.9 Å². The zero-order valence-corrected chi connectivity index (χ0v) is 10.6. The number of nitrogens with zero attached hydrogens (tertiary/aromatic N) is 1. The molecule has 0 amide bonds. The zero-order valence-electron chi connectivity index (χ0n) is 9.82. The van der Waals surface area contributed by atoms with Gasteiger partial charge in [0, 0.05) is 6.20 Å². The Labute approximate surface area is 106 Å². The SMILES string of the molecule is O=C(O)[C@H]1CCC[C@H](S(=O)(=O)c2ccccn2)C1. The highest BCUT2D eigenvalue weighted by Crippen LogP contribution is 2.31. The highest BCUT2D eigenvalue weighted by atomic mass is 32.2. The molecule has 6 heteroatoms. The summed E-state index contributed by atoms with van der Waals surface area (Å²) in [4.78, 5) is 14.8. The Morgan fingerprint density at radius 1 is 1.33 bits per heavy atom. The van der Waals surface area contributed by atoms with E-state index in [9.17, 15) is 13.2 Å². The molecule has 0 unspecified atom stereocenters. The van der Waals surface area contributed by atoms with Gasteiger partial charge in [-0.15, -0.1) is 0 Å². The van der Waals surface area contributed by atoms with Crippen LogP contribution in [-0.2, 0) is 14.6 Å². The van der Waals surface area contributed by atoms with Crippen LogP contribution >= 0.6 is 0 Å². The van der Waals surface area contributed by atoms with Crippen molar-refractivity contribution in [2.75, 3.05) is 0 Å². The van der Waals surface area contributed by atoms with Crippen LogP contribution in [0.2, 0.25) is 0 Å². The lowest BCUT2D eigenvalue weighted by Gasteiger charge is -2.25. The highest BCUT2D eigenvalue weighted by molar-refractivity contribution is 7.92. The fourth-order valence-corrected chi connectivity index (χ4v) is 4.12. The molecule has 1 saturated carbocycles. The van der Waals surface area contributed by atoms with E-state index in [1.54, 1.807) is 12.1 Å². The molecule has 0 aromatic carbocycles. The van der Waals surface area contributed by atoms with Gasteiger partial charge in [0.1, 0.15) is 0 Å². The van der Waals surface area contributed by atoms with Crippen LogP contribution in [0.4, 0.5) is 0 Å². The van der Waals surface area contributed by atoms with Crippen molar-refractivity contribution < 1.29 is 18.3 Å². The maximum absolute atomic E-state index is 12.3. The van der Waals surface area contributed by atoms with Crippen LogP contribution in [0.25, 0.3) is 0 Å². The van der Waals surface area contributed by atoms with Gasteiger partial charge in [-0.2, -0.15) is 0 Å². The molecule has 0 saturated heterocycles. The van der Waals surface area contributed by atoms with Crippen LogP contribution in [0.1, 0.15) is 25.7 Å². The van der Waals surface area contributed by atoms with Crippen molar-refractivity contribution >= 4 is 15.8 Å². The van der Waals surface area contributed by atoms with Crippen LogP contribution < -0.4 is 0 Å². The summed E-state index contributed by atoms with van der Waals surface area (Å²) in [6.45, 7) is 0. The molecule has 1 aromatic heterocycles. The topological polar surface area (TPSA) is 84.3 Å². The number of aromatic nitrogens is 1. The minimum atomic E-state index is -3.50. The second-order valence-electron chi connectivity index (χ2n) is 4.54. The number of carboxylic acid groups (broad SMARTS) is 1. The normalized spacial score (nSPS) is 24.7. The Morgan fingerprint density at radius 2 is 2.11 bits per heavy atom. The quantitative estimate of drug-likeness (QED) is 0.898. The molecule has 2 atom stereocenters. The van der Waals surface area contributed by atoms with Gasteiger partial charge < -0.3 is 5.11 Å². The first kappa shape index (κ1) is 13.0. The molecular formula is C12H15NO4S. The van der Waals surface area contributed by atoms with E-state index in [0.717, 1.165) is 0 Å². The summed E-state index contributed by atoms with van der Waals surface area (Å²) < 4.78 is 24.6. The molecule has 98 valence electrons. The lowest BCUT2D eigenvalue weighted by Crippen LogP contribution is -2.32. The number of hydrogen-bond donors (Lipinski definition) is 1. The lowest BCUT2D eigenvalue weighted by atomic mass is 9.89. The van der Waals surface area contributed by atoms with Crippen LogP contribution in [0.15, 0.2) is 29.4 Å². The maximum Gasteiger partial charge on any atom is 0.306 e. The summed E-state index contributed by atoms with van der Waals surface area (Å²) in [6, 6.07) is 4.73. The molecule has 1 aromatic rings. The Hall–Kier alpha value is -1.43. The second-order valence-corrected chi connectivity index (χ2v) is 6.71. The van der Waals surface area contributed by atoms with Crippen molar-refractivity contribution in [3.8, 4) is 0 Å². The van der Waals surface area contributed by atoms with Crippen LogP contribution in [-0.4, -0.2) is 29.7 Å². The first-order valence-corrected chi connectivity index (χ1v) is 7.44. The monoisotopic (exact) mass is 269 g/mol. The van der Waals surface area contributed by atoms with E-state index in [0.29, 0.717) is 19.3 Å². The molecule has 0 aliphatic heterocycles. The Bertz CT molecular complexity index is 526. The van der Waals surface area contributed by atoms with Crippen molar-refractivity contribution in [1.29, 1.82) is 0 Å². The third kappa shape index (κ3) is 2.53. The first-order chi connectivity index (χ1) is 8.51. The summed E-state index contributed by atoms with van der Waals surface area (Å²) >= 11 is 0. The molecule has 5 nitrogen and oxygen atoms in total. The number of aliphatic carboxylic acids is 1. The van der Waals surface area contributed by atoms with Crippen LogP contribution in [0, 0.1) is 5.92 Å². The molecule has 1 aliphatic rings. The van der Waals surface area contributed by atoms with E-state index in [4.69, 9.17) is 5.11 Å². The molecule has 1 N–H and O–H groups in total.